The lowest BCUT2D eigenvalue weighted by Gasteiger charge is -2.08. The first-order valence-electron chi connectivity index (χ1n) is 9.10. The van der Waals surface area contributed by atoms with Crippen molar-refractivity contribution in [1.29, 1.82) is 0 Å². The molecule has 2 aromatic carbocycles. The first kappa shape index (κ1) is 18.5. The van der Waals surface area contributed by atoms with Crippen molar-refractivity contribution in [1.82, 2.24) is 19.9 Å². The van der Waals surface area contributed by atoms with Crippen molar-refractivity contribution in [2.75, 3.05) is 0 Å². The van der Waals surface area contributed by atoms with Gasteiger partial charge in [-0.1, -0.05) is 47.1 Å². The van der Waals surface area contributed by atoms with Gasteiger partial charge >= 0.3 is 5.97 Å². The minimum Gasteiger partial charge on any atom is -0.455 e. The van der Waals surface area contributed by atoms with E-state index in [2.05, 4.69) is 15.2 Å². The molecule has 0 aliphatic carbocycles. The molecule has 8 heteroatoms. The van der Waals surface area contributed by atoms with Gasteiger partial charge in [-0.2, -0.15) is 10.1 Å². The van der Waals surface area contributed by atoms with Crippen LogP contribution < -0.4 is 5.43 Å². The number of benzene rings is 2. The normalized spacial score (nSPS) is 10.9. The average Bonchev–Trinajstić information content (AvgIpc) is 3.21. The highest BCUT2D eigenvalue weighted by Crippen LogP contribution is 2.16. The molecular weight excluding hydrogens is 372 g/mol. The minimum atomic E-state index is -0.426. The van der Waals surface area contributed by atoms with Gasteiger partial charge in [-0.05, 0) is 19.1 Å². The fourth-order valence-corrected chi connectivity index (χ4v) is 2.88. The van der Waals surface area contributed by atoms with Crippen LogP contribution in [0.25, 0.3) is 22.3 Å². The smallest absolute Gasteiger partial charge is 0.308 e. The van der Waals surface area contributed by atoms with E-state index in [4.69, 9.17) is 9.26 Å². The van der Waals surface area contributed by atoms with Crippen LogP contribution in [0.4, 0.5) is 0 Å². The van der Waals surface area contributed by atoms with Gasteiger partial charge in [-0.3, -0.25) is 14.3 Å². The van der Waals surface area contributed by atoms with Gasteiger partial charge in [0, 0.05) is 10.9 Å². The maximum atomic E-state index is 12.1. The van der Waals surface area contributed by atoms with Crippen LogP contribution in [0.15, 0.2) is 64.0 Å². The highest BCUT2D eigenvalue weighted by molar-refractivity contribution is 5.78. The highest BCUT2D eigenvalue weighted by Gasteiger charge is 2.12. The molecule has 4 rings (SSSR count). The first-order valence-corrected chi connectivity index (χ1v) is 9.10. The maximum absolute atomic E-state index is 12.1. The van der Waals surface area contributed by atoms with E-state index in [1.165, 1.54) is 6.20 Å². The molecule has 0 bridgehead atoms. The lowest BCUT2D eigenvalue weighted by Crippen LogP contribution is -2.15. The van der Waals surface area contributed by atoms with Crippen LogP contribution in [0, 0.1) is 6.92 Å². The SMILES string of the molecule is Cc1ccc(-c2noc(COC(=O)CCn3ncc(=O)c4ccccc43)n2)cc1. The lowest BCUT2D eigenvalue weighted by atomic mass is 10.1. The summed E-state index contributed by atoms with van der Waals surface area (Å²) in [5, 5.41) is 8.56. The molecule has 8 nitrogen and oxygen atoms in total. The van der Waals surface area contributed by atoms with Gasteiger partial charge in [0.25, 0.3) is 5.89 Å². The van der Waals surface area contributed by atoms with E-state index in [9.17, 15) is 9.59 Å². The van der Waals surface area contributed by atoms with Gasteiger partial charge < -0.3 is 9.26 Å². The van der Waals surface area contributed by atoms with Crippen LogP contribution in [-0.2, 0) is 22.7 Å². The molecule has 0 N–H and O–H groups in total. The van der Waals surface area contributed by atoms with Crippen molar-refractivity contribution in [3.63, 3.8) is 0 Å². The van der Waals surface area contributed by atoms with Gasteiger partial charge in [0.1, 0.15) is 0 Å². The Morgan fingerprint density at radius 1 is 1.14 bits per heavy atom. The Hall–Kier alpha value is -3.81. The zero-order valence-electron chi connectivity index (χ0n) is 15.7. The molecule has 0 saturated heterocycles. The number of hydrogen-bond acceptors (Lipinski definition) is 7. The largest absolute Gasteiger partial charge is 0.455 e. The van der Waals surface area contributed by atoms with Crippen molar-refractivity contribution in [3.8, 4) is 11.4 Å². The van der Waals surface area contributed by atoms with Crippen LogP contribution in [0.2, 0.25) is 0 Å². The third kappa shape index (κ3) is 4.21. The summed E-state index contributed by atoms with van der Waals surface area (Å²) < 4.78 is 12.0. The van der Waals surface area contributed by atoms with Crippen molar-refractivity contribution in [3.05, 3.63) is 76.4 Å². The summed E-state index contributed by atoms with van der Waals surface area (Å²) in [5.41, 5.74) is 2.48. The van der Waals surface area contributed by atoms with E-state index >= 15 is 0 Å². The Bertz CT molecular complexity index is 1210. The molecule has 0 aliphatic heterocycles. The Labute approximate surface area is 165 Å². The zero-order valence-corrected chi connectivity index (χ0v) is 15.7. The van der Waals surface area contributed by atoms with Crippen molar-refractivity contribution in [2.24, 2.45) is 0 Å². The van der Waals surface area contributed by atoms with E-state index in [0.717, 1.165) is 11.1 Å². The molecule has 4 aromatic rings. The van der Waals surface area contributed by atoms with Crippen molar-refractivity contribution >= 4 is 16.9 Å². The molecule has 2 aromatic heterocycles. The van der Waals surface area contributed by atoms with Crippen LogP contribution in [0.1, 0.15) is 17.9 Å². The van der Waals surface area contributed by atoms with E-state index < -0.39 is 5.97 Å². The van der Waals surface area contributed by atoms with Gasteiger partial charge in [-0.15, -0.1) is 0 Å². The second-order valence-corrected chi connectivity index (χ2v) is 6.54. The molecule has 0 aliphatic rings. The van der Waals surface area contributed by atoms with E-state index in [0.29, 0.717) is 16.7 Å². The summed E-state index contributed by atoms with van der Waals surface area (Å²) in [6.07, 6.45) is 1.34. The van der Waals surface area contributed by atoms with Gasteiger partial charge in [-0.25, -0.2) is 0 Å². The van der Waals surface area contributed by atoms with Crippen LogP contribution in [-0.4, -0.2) is 25.9 Å². The molecule has 0 spiro atoms. The second kappa shape index (κ2) is 8.05. The van der Waals surface area contributed by atoms with Gasteiger partial charge in [0.2, 0.25) is 11.3 Å². The Morgan fingerprint density at radius 3 is 2.76 bits per heavy atom. The fourth-order valence-electron chi connectivity index (χ4n) is 2.88. The lowest BCUT2D eigenvalue weighted by molar-refractivity contribution is -0.146. The third-order valence-electron chi connectivity index (χ3n) is 4.42. The van der Waals surface area contributed by atoms with Gasteiger partial charge in [0.15, 0.2) is 6.61 Å². The molecule has 0 amide bonds. The summed E-state index contributed by atoms with van der Waals surface area (Å²) in [4.78, 5) is 28.2. The predicted molar refractivity (Wildman–Crippen MR) is 105 cm³/mol. The maximum Gasteiger partial charge on any atom is 0.308 e. The third-order valence-corrected chi connectivity index (χ3v) is 4.42. The number of fused-ring (bicyclic) bond motifs is 1. The quantitative estimate of drug-likeness (QED) is 0.467. The molecule has 146 valence electrons. The summed E-state index contributed by atoms with van der Waals surface area (Å²) in [7, 11) is 0. The number of ether oxygens (including phenoxy) is 1. The van der Waals surface area contributed by atoms with Crippen LogP contribution >= 0.6 is 0 Å². The van der Waals surface area contributed by atoms with Crippen molar-refractivity contribution in [2.45, 2.75) is 26.5 Å². The molecule has 0 radical (unpaired) electrons. The molecule has 2 heterocycles. The standard InChI is InChI=1S/C21H18N4O4/c1-14-6-8-15(9-7-14)21-23-19(29-24-21)13-28-20(27)10-11-25-17-5-3-2-4-16(17)18(26)12-22-25/h2-9,12H,10-11,13H2,1H3. The van der Waals surface area contributed by atoms with E-state index in [1.807, 2.05) is 37.3 Å². The van der Waals surface area contributed by atoms with E-state index in [1.54, 1.807) is 22.9 Å². The topological polar surface area (TPSA) is 100 Å². The predicted octanol–water partition coefficient (Wildman–Crippen LogP) is 2.89. The number of aromatic nitrogens is 4. The zero-order chi connectivity index (χ0) is 20.2. The number of nitrogens with zero attached hydrogens (tertiary/aromatic N) is 4. The summed E-state index contributed by atoms with van der Waals surface area (Å²) in [6.45, 7) is 2.19. The number of rotatable bonds is 6. The highest BCUT2D eigenvalue weighted by atomic mass is 16.6. The number of carbonyl (C=O) groups is 1. The summed E-state index contributed by atoms with van der Waals surface area (Å²) in [5.74, 6) is 0.241. The number of hydrogen-bond donors (Lipinski definition) is 0. The second-order valence-electron chi connectivity index (χ2n) is 6.54. The van der Waals surface area contributed by atoms with Crippen molar-refractivity contribution < 1.29 is 14.1 Å². The number of carbonyl (C=O) groups excluding carboxylic acids is 1. The molecule has 29 heavy (non-hydrogen) atoms. The van der Waals surface area contributed by atoms with Crippen LogP contribution in [0.3, 0.4) is 0 Å². The Morgan fingerprint density at radius 2 is 1.93 bits per heavy atom. The average molecular weight is 390 g/mol. The molecule has 0 fully saturated rings. The van der Waals surface area contributed by atoms with Gasteiger partial charge in [0.05, 0.1) is 24.7 Å². The van der Waals surface area contributed by atoms with Crippen LogP contribution in [0.5, 0.6) is 0 Å². The monoisotopic (exact) mass is 390 g/mol. The minimum absolute atomic E-state index is 0.0961. The molecule has 0 saturated carbocycles. The number of aryl methyl sites for hydroxylation is 2. The number of para-hydroxylation sites is 1. The summed E-state index contributed by atoms with van der Waals surface area (Å²) in [6, 6.07) is 14.8. The molecular formula is C21H18N4O4. The fraction of sp³-hybridized carbons (Fsp3) is 0.190. The number of esters is 1. The molecule has 0 unspecified atom stereocenters. The Kier molecular flexibility index (Phi) is 5.15. The Balaban J connectivity index is 1.35. The molecule has 0 atom stereocenters. The summed E-state index contributed by atoms with van der Waals surface area (Å²) >= 11 is 0. The van der Waals surface area contributed by atoms with E-state index in [-0.39, 0.29) is 30.9 Å². The first-order chi connectivity index (χ1) is 14.1.